The highest BCUT2D eigenvalue weighted by atomic mass is 16.5. The van der Waals surface area contributed by atoms with Crippen LogP contribution in [-0.2, 0) is 0 Å². The molecule has 0 aliphatic rings. The molecular weight excluding hydrogens is 224 g/mol. The molecule has 17 heavy (non-hydrogen) atoms. The first kappa shape index (κ1) is 11.1. The van der Waals surface area contributed by atoms with E-state index in [1.165, 1.54) is 19.5 Å². The van der Waals surface area contributed by atoms with Crippen LogP contribution >= 0.6 is 0 Å². The second kappa shape index (κ2) is 4.60. The van der Waals surface area contributed by atoms with E-state index in [1.807, 2.05) is 0 Å². The minimum absolute atomic E-state index is 0.207. The number of nitrogens with zero attached hydrogens (tertiary/aromatic N) is 3. The summed E-state index contributed by atoms with van der Waals surface area (Å²) in [6, 6.07) is 1.78. The average Bonchev–Trinajstić information content (AvgIpc) is 2.77. The Morgan fingerprint density at radius 1 is 1.41 bits per heavy atom. The third kappa shape index (κ3) is 2.57. The molecule has 0 fully saturated rings. The predicted molar refractivity (Wildman–Crippen MR) is 57.8 cm³/mol. The number of aryl methyl sites for hydroxylation is 1. The second-order valence-corrected chi connectivity index (χ2v) is 3.24. The summed E-state index contributed by atoms with van der Waals surface area (Å²) >= 11 is 0. The Bertz CT molecular complexity index is 521. The Hall–Kier alpha value is -2.44. The van der Waals surface area contributed by atoms with Crippen LogP contribution in [0.4, 0.5) is 5.69 Å². The standard InChI is InChI=1S/C10H10N4O3/c1-6-3-8(14-17-6)9(15)13-7-4-11-10(16-2)12-5-7/h3-5H,1-2H3,(H,13,15). The quantitative estimate of drug-likeness (QED) is 0.853. The number of carbonyl (C=O) groups is 1. The number of hydrogen-bond donors (Lipinski definition) is 1. The Kier molecular flexibility index (Phi) is 2.99. The van der Waals surface area contributed by atoms with E-state index in [1.54, 1.807) is 13.0 Å². The van der Waals surface area contributed by atoms with E-state index in [9.17, 15) is 4.79 Å². The summed E-state index contributed by atoms with van der Waals surface area (Å²) in [6.45, 7) is 1.71. The summed E-state index contributed by atoms with van der Waals surface area (Å²) in [5, 5.41) is 6.17. The topological polar surface area (TPSA) is 90.1 Å². The molecule has 0 aromatic carbocycles. The summed E-state index contributed by atoms with van der Waals surface area (Å²) in [7, 11) is 1.46. The van der Waals surface area contributed by atoms with Gasteiger partial charge in [-0.1, -0.05) is 5.16 Å². The molecular formula is C10H10N4O3. The van der Waals surface area contributed by atoms with Gasteiger partial charge in [0.1, 0.15) is 5.76 Å². The van der Waals surface area contributed by atoms with Crippen LogP contribution in [0.2, 0.25) is 0 Å². The van der Waals surface area contributed by atoms with Crippen LogP contribution in [0.25, 0.3) is 0 Å². The summed E-state index contributed by atoms with van der Waals surface area (Å²) < 4.78 is 9.60. The van der Waals surface area contributed by atoms with Gasteiger partial charge in [0.25, 0.3) is 5.91 Å². The predicted octanol–water partition coefficient (Wildman–Crippen LogP) is 1.03. The maximum Gasteiger partial charge on any atom is 0.316 e. The van der Waals surface area contributed by atoms with Crippen LogP contribution in [0, 0.1) is 6.92 Å². The fourth-order valence-corrected chi connectivity index (χ4v) is 1.15. The summed E-state index contributed by atoms with van der Waals surface area (Å²) in [6.07, 6.45) is 2.88. The Labute approximate surface area is 96.8 Å². The zero-order valence-corrected chi connectivity index (χ0v) is 9.30. The van der Waals surface area contributed by atoms with Crippen LogP contribution < -0.4 is 10.1 Å². The van der Waals surface area contributed by atoms with E-state index >= 15 is 0 Å². The number of nitrogens with one attached hydrogen (secondary N) is 1. The largest absolute Gasteiger partial charge is 0.467 e. The van der Waals surface area contributed by atoms with Gasteiger partial charge in [0.2, 0.25) is 0 Å². The summed E-state index contributed by atoms with van der Waals surface area (Å²) in [5.41, 5.74) is 0.662. The molecule has 7 heteroatoms. The van der Waals surface area contributed by atoms with Gasteiger partial charge in [0, 0.05) is 6.07 Å². The molecule has 0 radical (unpaired) electrons. The van der Waals surface area contributed by atoms with E-state index in [0.717, 1.165) is 0 Å². The molecule has 2 aromatic heterocycles. The van der Waals surface area contributed by atoms with Gasteiger partial charge < -0.3 is 14.6 Å². The highest BCUT2D eigenvalue weighted by molar-refractivity contribution is 6.02. The average molecular weight is 234 g/mol. The lowest BCUT2D eigenvalue weighted by atomic mass is 10.3. The molecule has 0 aliphatic heterocycles. The molecule has 0 saturated heterocycles. The van der Waals surface area contributed by atoms with Crippen molar-refractivity contribution >= 4 is 11.6 Å². The van der Waals surface area contributed by atoms with E-state index in [4.69, 9.17) is 9.26 Å². The van der Waals surface area contributed by atoms with E-state index in [-0.39, 0.29) is 17.6 Å². The third-order valence-corrected chi connectivity index (χ3v) is 1.93. The number of ether oxygens (including phenoxy) is 1. The van der Waals surface area contributed by atoms with Gasteiger partial charge >= 0.3 is 6.01 Å². The normalized spacial score (nSPS) is 10.0. The minimum Gasteiger partial charge on any atom is -0.467 e. The van der Waals surface area contributed by atoms with Gasteiger partial charge in [0.15, 0.2) is 5.69 Å². The van der Waals surface area contributed by atoms with E-state index in [0.29, 0.717) is 11.4 Å². The molecule has 1 amide bonds. The molecule has 7 nitrogen and oxygen atoms in total. The molecule has 1 N–H and O–H groups in total. The van der Waals surface area contributed by atoms with Crippen LogP contribution in [0.3, 0.4) is 0 Å². The molecule has 0 aliphatic carbocycles. The number of aromatic nitrogens is 3. The molecule has 0 spiro atoms. The van der Waals surface area contributed by atoms with Crippen molar-refractivity contribution in [1.29, 1.82) is 0 Å². The first-order valence-corrected chi connectivity index (χ1v) is 4.80. The third-order valence-electron chi connectivity index (χ3n) is 1.93. The maximum atomic E-state index is 11.7. The van der Waals surface area contributed by atoms with Crippen LogP contribution in [0.15, 0.2) is 23.0 Å². The zero-order valence-electron chi connectivity index (χ0n) is 9.30. The van der Waals surface area contributed by atoms with Crippen molar-refractivity contribution in [3.8, 4) is 6.01 Å². The van der Waals surface area contributed by atoms with Gasteiger partial charge in [0.05, 0.1) is 25.2 Å². The first-order chi connectivity index (χ1) is 8.19. The van der Waals surface area contributed by atoms with Crippen molar-refractivity contribution in [3.05, 3.63) is 29.9 Å². The Balaban J connectivity index is 2.07. The number of anilines is 1. The summed E-state index contributed by atoms with van der Waals surface area (Å²) in [4.78, 5) is 19.4. The number of methoxy groups -OCH3 is 1. The molecule has 2 rings (SSSR count). The van der Waals surface area contributed by atoms with Crippen molar-refractivity contribution < 1.29 is 14.1 Å². The highest BCUT2D eigenvalue weighted by Gasteiger charge is 2.11. The van der Waals surface area contributed by atoms with Gasteiger partial charge in [-0.15, -0.1) is 0 Å². The van der Waals surface area contributed by atoms with Crippen molar-refractivity contribution in [2.45, 2.75) is 6.92 Å². The monoisotopic (exact) mass is 234 g/mol. The zero-order chi connectivity index (χ0) is 12.3. The smallest absolute Gasteiger partial charge is 0.316 e. The molecule has 2 aromatic rings. The van der Waals surface area contributed by atoms with Crippen molar-refractivity contribution in [2.24, 2.45) is 0 Å². The molecule has 0 unspecified atom stereocenters. The molecule has 0 bridgehead atoms. The van der Waals surface area contributed by atoms with Crippen molar-refractivity contribution in [2.75, 3.05) is 12.4 Å². The van der Waals surface area contributed by atoms with Gasteiger partial charge in [-0.05, 0) is 6.92 Å². The highest BCUT2D eigenvalue weighted by Crippen LogP contribution is 2.09. The maximum absolute atomic E-state index is 11.7. The minimum atomic E-state index is -0.379. The Morgan fingerprint density at radius 2 is 2.12 bits per heavy atom. The van der Waals surface area contributed by atoms with Crippen LogP contribution in [-0.4, -0.2) is 28.1 Å². The van der Waals surface area contributed by atoms with Gasteiger partial charge in [-0.25, -0.2) is 9.97 Å². The fraction of sp³-hybridized carbons (Fsp3) is 0.200. The van der Waals surface area contributed by atoms with E-state index in [2.05, 4.69) is 20.4 Å². The lowest BCUT2D eigenvalue weighted by Gasteiger charge is -2.02. The number of rotatable bonds is 3. The molecule has 88 valence electrons. The molecule has 0 saturated carbocycles. The van der Waals surface area contributed by atoms with E-state index < -0.39 is 0 Å². The SMILES string of the molecule is COc1ncc(NC(=O)c2cc(C)on2)cn1. The van der Waals surface area contributed by atoms with Crippen molar-refractivity contribution in [1.82, 2.24) is 15.1 Å². The molecule has 2 heterocycles. The van der Waals surface area contributed by atoms with Crippen molar-refractivity contribution in [3.63, 3.8) is 0 Å². The van der Waals surface area contributed by atoms with Gasteiger partial charge in [-0.2, -0.15) is 0 Å². The lowest BCUT2D eigenvalue weighted by molar-refractivity contribution is 0.101. The lowest BCUT2D eigenvalue weighted by Crippen LogP contribution is -2.12. The number of hydrogen-bond acceptors (Lipinski definition) is 6. The summed E-state index contributed by atoms with van der Waals surface area (Å²) in [5.74, 6) is 0.191. The molecule has 0 atom stereocenters. The number of amides is 1. The van der Waals surface area contributed by atoms with Crippen LogP contribution in [0.1, 0.15) is 16.2 Å². The Morgan fingerprint density at radius 3 is 2.65 bits per heavy atom. The van der Waals surface area contributed by atoms with Crippen LogP contribution in [0.5, 0.6) is 6.01 Å². The van der Waals surface area contributed by atoms with Gasteiger partial charge in [-0.3, -0.25) is 4.79 Å². The number of carbonyl (C=O) groups excluding carboxylic acids is 1. The first-order valence-electron chi connectivity index (χ1n) is 4.80. The second-order valence-electron chi connectivity index (χ2n) is 3.24. The fourth-order valence-electron chi connectivity index (χ4n) is 1.15.